The second kappa shape index (κ2) is 14.0. The highest BCUT2D eigenvalue weighted by Crippen LogP contribution is 2.53. The largest absolute Gasteiger partial charge is 0.493 e. The van der Waals surface area contributed by atoms with Crippen LogP contribution in [0.3, 0.4) is 0 Å². The lowest BCUT2D eigenvalue weighted by molar-refractivity contribution is -0.164. The van der Waals surface area contributed by atoms with E-state index in [9.17, 15) is 14.0 Å². The monoisotopic (exact) mass is 647 g/mol. The van der Waals surface area contributed by atoms with Crippen molar-refractivity contribution < 1.29 is 37.3 Å². The molecule has 1 aliphatic carbocycles. The zero-order chi connectivity index (χ0) is 33.0. The minimum absolute atomic E-state index is 0.106. The first-order valence-corrected chi connectivity index (χ1v) is 15.4. The van der Waals surface area contributed by atoms with Crippen molar-refractivity contribution in [2.24, 2.45) is 11.3 Å². The van der Waals surface area contributed by atoms with E-state index in [-0.39, 0.29) is 29.5 Å². The average molecular weight is 648 g/mol. The van der Waals surface area contributed by atoms with Gasteiger partial charge in [0.1, 0.15) is 23.3 Å². The summed E-state index contributed by atoms with van der Waals surface area (Å²) >= 11 is 0. The number of methoxy groups -OCH3 is 1. The molecule has 0 unspecified atom stereocenters. The van der Waals surface area contributed by atoms with Crippen LogP contribution in [0.15, 0.2) is 67.0 Å². The molecule has 4 aromatic rings. The molecule has 47 heavy (non-hydrogen) atoms. The number of ether oxygens (including phenoxy) is 4. The first kappa shape index (κ1) is 32.2. The number of hydrogen-bond donors (Lipinski definition) is 2. The van der Waals surface area contributed by atoms with Gasteiger partial charge < -0.3 is 29.6 Å². The lowest BCUT2D eigenvalue weighted by Crippen LogP contribution is -2.43. The molecular weight excluding hydrogens is 612 g/mol. The average Bonchev–Trinajstić information content (AvgIpc) is 3.77. The molecule has 13 heteroatoms. The van der Waals surface area contributed by atoms with Crippen LogP contribution < -0.4 is 20.1 Å². The minimum atomic E-state index is -1.32. The predicted octanol–water partition coefficient (Wildman–Crippen LogP) is 5.38. The topological polar surface area (TPSA) is 124 Å². The third kappa shape index (κ3) is 7.32. The van der Waals surface area contributed by atoms with Gasteiger partial charge in [-0.05, 0) is 67.3 Å². The predicted molar refractivity (Wildman–Crippen MR) is 169 cm³/mol. The van der Waals surface area contributed by atoms with Crippen molar-refractivity contribution in [1.82, 2.24) is 14.9 Å². The second-order valence-corrected chi connectivity index (χ2v) is 11.6. The van der Waals surface area contributed by atoms with Crippen LogP contribution in [-0.4, -0.2) is 72.9 Å². The molecule has 2 aliphatic rings. The summed E-state index contributed by atoms with van der Waals surface area (Å²) in [4.78, 5) is 37.0. The number of carbonyl (C=O) groups is 2. The number of hydrogen-bond acceptors (Lipinski definition) is 9. The van der Waals surface area contributed by atoms with Gasteiger partial charge in [-0.3, -0.25) is 14.5 Å². The van der Waals surface area contributed by atoms with Crippen LogP contribution in [0.5, 0.6) is 17.4 Å². The lowest BCUT2D eigenvalue weighted by Gasteiger charge is -2.31. The number of carbonyl (C=O) groups excluding carboxylic acids is 2. The van der Waals surface area contributed by atoms with Crippen molar-refractivity contribution in [3.63, 3.8) is 0 Å². The van der Waals surface area contributed by atoms with Gasteiger partial charge >= 0.3 is 0 Å². The van der Waals surface area contributed by atoms with Crippen LogP contribution in [0, 0.1) is 23.0 Å². The summed E-state index contributed by atoms with van der Waals surface area (Å²) in [5.41, 5.74) is -0.221. The lowest BCUT2D eigenvalue weighted by atomic mass is 10.0. The van der Waals surface area contributed by atoms with Gasteiger partial charge in [0.15, 0.2) is 17.9 Å². The molecule has 3 aromatic carbocycles. The number of nitrogens with one attached hydrogen (secondary N) is 2. The number of fused-ring (bicyclic) bond motifs is 1. The van der Waals surface area contributed by atoms with Crippen LogP contribution in [0.1, 0.15) is 19.8 Å². The van der Waals surface area contributed by atoms with Crippen LogP contribution in [0.2, 0.25) is 0 Å². The Hall–Kier alpha value is -4.72. The fraction of sp³-hybridized carbons (Fsp3) is 0.353. The Morgan fingerprint density at radius 2 is 1.77 bits per heavy atom. The maximum absolute atomic E-state index is 15.2. The van der Waals surface area contributed by atoms with Gasteiger partial charge in [-0.1, -0.05) is 6.92 Å². The Morgan fingerprint density at radius 3 is 2.49 bits per heavy atom. The number of benzene rings is 3. The molecule has 3 atom stereocenters. The molecule has 11 nitrogen and oxygen atoms in total. The molecule has 1 aromatic heterocycles. The van der Waals surface area contributed by atoms with Gasteiger partial charge in [0.2, 0.25) is 17.7 Å². The third-order valence-corrected chi connectivity index (χ3v) is 8.46. The van der Waals surface area contributed by atoms with Gasteiger partial charge in [-0.15, -0.1) is 0 Å². The maximum Gasteiger partial charge on any atom is 0.240 e. The number of rotatable bonds is 12. The summed E-state index contributed by atoms with van der Waals surface area (Å²) in [6.07, 6.45) is 2.28. The standard InChI is InChI=1S/C34H35F2N5O6/c1-21-18-34(21,32(42)39-23-6-4-22(35)5-7-23)33(43)40-24-8-11-29(27(36)16-24)47-31-26-10-9-25(17-28(26)37-20-38-31)45-14-3-12-41-13-15-46-30(19-41)44-2/h4-11,16-17,20-21,30H,3,12-15,18-19H2,1-2H3,(H,39,42)(H,40,43)/t21-,30-,34-/m1/s1. The quantitative estimate of drug-likeness (QED) is 0.154. The molecule has 0 spiro atoms. The van der Waals surface area contributed by atoms with Gasteiger partial charge in [-0.2, -0.15) is 0 Å². The van der Waals surface area contributed by atoms with E-state index in [4.69, 9.17) is 18.9 Å². The van der Waals surface area contributed by atoms with Crippen molar-refractivity contribution in [1.29, 1.82) is 0 Å². The van der Waals surface area contributed by atoms with Crippen molar-refractivity contribution in [2.45, 2.75) is 26.1 Å². The number of amides is 2. The van der Waals surface area contributed by atoms with E-state index in [0.717, 1.165) is 32.1 Å². The number of morpholine rings is 1. The molecule has 2 N–H and O–H groups in total. The van der Waals surface area contributed by atoms with Crippen LogP contribution in [-0.2, 0) is 19.1 Å². The van der Waals surface area contributed by atoms with E-state index in [2.05, 4.69) is 25.5 Å². The fourth-order valence-corrected chi connectivity index (χ4v) is 5.62. The molecule has 0 bridgehead atoms. The number of anilines is 2. The van der Waals surface area contributed by atoms with Gasteiger partial charge in [0, 0.05) is 50.3 Å². The highest BCUT2D eigenvalue weighted by molar-refractivity contribution is 6.17. The van der Waals surface area contributed by atoms with E-state index in [0.29, 0.717) is 42.0 Å². The Morgan fingerprint density at radius 1 is 1.02 bits per heavy atom. The van der Waals surface area contributed by atoms with Crippen LogP contribution in [0.4, 0.5) is 20.2 Å². The van der Waals surface area contributed by atoms with E-state index in [1.807, 2.05) is 0 Å². The summed E-state index contributed by atoms with van der Waals surface area (Å²) in [7, 11) is 1.64. The van der Waals surface area contributed by atoms with E-state index in [1.54, 1.807) is 32.2 Å². The normalized spacial score (nSPS) is 20.9. The second-order valence-electron chi connectivity index (χ2n) is 11.6. The van der Waals surface area contributed by atoms with Crippen molar-refractivity contribution in [3.8, 4) is 17.4 Å². The first-order chi connectivity index (χ1) is 22.7. The highest BCUT2D eigenvalue weighted by atomic mass is 19.1. The summed E-state index contributed by atoms with van der Waals surface area (Å²) in [5, 5.41) is 5.89. The SMILES string of the molecule is CO[C@H]1CN(CCCOc2ccc3c(Oc4ccc(NC(=O)[C@]5(C(=O)Nc6ccc(F)cc6)C[C@H]5C)cc4F)ncnc3c2)CCO1. The minimum Gasteiger partial charge on any atom is -0.493 e. The molecule has 0 radical (unpaired) electrons. The van der Waals surface area contributed by atoms with Gasteiger partial charge in [-0.25, -0.2) is 18.7 Å². The Bertz CT molecular complexity index is 1760. The number of halogens is 2. The zero-order valence-electron chi connectivity index (χ0n) is 26.0. The molecule has 2 amide bonds. The fourth-order valence-electron chi connectivity index (χ4n) is 5.62. The van der Waals surface area contributed by atoms with Gasteiger partial charge in [0.25, 0.3) is 0 Å². The molecule has 246 valence electrons. The number of aromatic nitrogens is 2. The first-order valence-electron chi connectivity index (χ1n) is 15.4. The van der Waals surface area contributed by atoms with E-state index >= 15 is 4.39 Å². The molecule has 6 rings (SSSR count). The van der Waals surface area contributed by atoms with Gasteiger partial charge in [0.05, 0.1) is 24.1 Å². The van der Waals surface area contributed by atoms with Crippen LogP contribution >= 0.6 is 0 Å². The van der Waals surface area contributed by atoms with Crippen LogP contribution in [0.25, 0.3) is 10.9 Å². The Balaban J connectivity index is 1.06. The zero-order valence-corrected chi connectivity index (χ0v) is 26.0. The smallest absolute Gasteiger partial charge is 0.240 e. The van der Waals surface area contributed by atoms with E-state index < -0.39 is 28.9 Å². The molecule has 1 aliphatic heterocycles. The number of nitrogens with zero attached hydrogens (tertiary/aromatic N) is 3. The third-order valence-electron chi connectivity index (χ3n) is 8.46. The Kier molecular flexibility index (Phi) is 9.57. The maximum atomic E-state index is 15.2. The molecule has 1 saturated carbocycles. The Labute approximate surface area is 270 Å². The summed E-state index contributed by atoms with van der Waals surface area (Å²) in [6.45, 7) is 5.38. The van der Waals surface area contributed by atoms with Crippen molar-refractivity contribution in [3.05, 3.63) is 78.6 Å². The molecular formula is C34H35F2N5O6. The van der Waals surface area contributed by atoms with E-state index in [1.165, 1.54) is 42.7 Å². The summed E-state index contributed by atoms with van der Waals surface area (Å²) < 4.78 is 51.0. The molecule has 2 heterocycles. The van der Waals surface area contributed by atoms with Crippen molar-refractivity contribution in [2.75, 3.05) is 50.6 Å². The molecule has 2 fully saturated rings. The molecule has 1 saturated heterocycles. The van der Waals surface area contributed by atoms with Crippen molar-refractivity contribution >= 4 is 34.1 Å². The highest BCUT2D eigenvalue weighted by Gasteiger charge is 2.63. The summed E-state index contributed by atoms with van der Waals surface area (Å²) in [5.74, 6) is -1.78. The summed E-state index contributed by atoms with van der Waals surface area (Å²) in [6, 6.07) is 14.6.